The number of hydrogen-bond acceptors (Lipinski definition) is 7. The Kier molecular flexibility index (Phi) is 8.82. The standard InChI is InChI=1S/C25H30ClN5O3Si/c1-16(34-35(5,6)25(2,3)4)22(30-20-12-11-19(15-28)21(26)13-20)24(33)31(29)23(32)18-9-7-17(14-27)8-10-18/h7-13,16,22,30H,29H2,1-6H3. The molecule has 0 bridgehead atoms. The summed E-state index contributed by atoms with van der Waals surface area (Å²) in [7, 11) is -2.29. The first kappa shape index (κ1) is 28.0. The van der Waals surface area contributed by atoms with Crippen LogP contribution in [0.25, 0.3) is 0 Å². The summed E-state index contributed by atoms with van der Waals surface area (Å²) in [6, 6.07) is 13.4. The number of hydrogen-bond donors (Lipinski definition) is 2. The van der Waals surface area contributed by atoms with Crippen LogP contribution in [-0.4, -0.2) is 37.3 Å². The minimum atomic E-state index is -2.29. The molecule has 2 unspecified atom stereocenters. The van der Waals surface area contributed by atoms with Gasteiger partial charge in [0.05, 0.1) is 28.3 Å². The predicted octanol–water partition coefficient (Wildman–Crippen LogP) is 4.82. The molecule has 2 aromatic rings. The van der Waals surface area contributed by atoms with Crippen molar-refractivity contribution in [2.45, 2.75) is 58.0 Å². The van der Waals surface area contributed by atoms with E-state index in [4.69, 9.17) is 32.4 Å². The number of rotatable bonds is 7. The van der Waals surface area contributed by atoms with Crippen molar-refractivity contribution >= 4 is 37.4 Å². The largest absolute Gasteiger partial charge is 0.412 e. The summed E-state index contributed by atoms with van der Waals surface area (Å²) in [6.07, 6.45) is -0.655. The first-order valence-corrected chi connectivity index (χ1v) is 14.3. The summed E-state index contributed by atoms with van der Waals surface area (Å²) in [6.45, 7) is 12.1. The summed E-state index contributed by atoms with van der Waals surface area (Å²) in [5, 5.41) is 21.9. The lowest BCUT2D eigenvalue weighted by molar-refractivity contribution is -0.131. The van der Waals surface area contributed by atoms with Crippen molar-refractivity contribution in [3.8, 4) is 12.1 Å². The Morgan fingerprint density at radius 3 is 2.20 bits per heavy atom. The number of anilines is 1. The third-order valence-corrected chi connectivity index (χ3v) is 11.0. The van der Waals surface area contributed by atoms with Gasteiger partial charge in [-0.3, -0.25) is 9.59 Å². The molecule has 0 aromatic heterocycles. The maximum Gasteiger partial charge on any atom is 0.274 e. The van der Waals surface area contributed by atoms with E-state index in [9.17, 15) is 9.59 Å². The zero-order valence-corrected chi connectivity index (χ0v) is 22.5. The molecule has 0 saturated carbocycles. The molecule has 8 nitrogen and oxygen atoms in total. The summed E-state index contributed by atoms with van der Waals surface area (Å²) in [5.74, 6) is 4.58. The fourth-order valence-corrected chi connectivity index (χ4v) is 4.68. The quantitative estimate of drug-likeness (QED) is 0.235. The van der Waals surface area contributed by atoms with Crippen molar-refractivity contribution in [3.05, 3.63) is 64.2 Å². The number of imide groups is 1. The van der Waals surface area contributed by atoms with Gasteiger partial charge in [0.15, 0.2) is 8.32 Å². The average Bonchev–Trinajstić information content (AvgIpc) is 2.80. The second-order valence-electron chi connectivity index (χ2n) is 9.71. The highest BCUT2D eigenvalue weighted by molar-refractivity contribution is 6.74. The summed E-state index contributed by atoms with van der Waals surface area (Å²) in [5.41, 5.74) is 1.31. The van der Waals surface area contributed by atoms with E-state index in [1.54, 1.807) is 13.0 Å². The lowest BCUT2D eigenvalue weighted by Crippen LogP contribution is -2.56. The third kappa shape index (κ3) is 6.68. The molecular formula is C25H30ClN5O3Si. The smallest absolute Gasteiger partial charge is 0.274 e. The van der Waals surface area contributed by atoms with Gasteiger partial charge < -0.3 is 9.74 Å². The Labute approximate surface area is 212 Å². The molecule has 0 fully saturated rings. The number of nitriles is 2. The lowest BCUT2D eigenvalue weighted by Gasteiger charge is -2.40. The van der Waals surface area contributed by atoms with Crippen LogP contribution in [0.15, 0.2) is 42.5 Å². The van der Waals surface area contributed by atoms with E-state index in [1.807, 2.05) is 12.1 Å². The first-order chi connectivity index (χ1) is 16.2. The van der Waals surface area contributed by atoms with E-state index in [2.05, 4.69) is 39.2 Å². The van der Waals surface area contributed by atoms with Gasteiger partial charge in [-0.15, -0.1) is 0 Å². The van der Waals surface area contributed by atoms with Crippen molar-refractivity contribution in [2.24, 2.45) is 5.84 Å². The van der Waals surface area contributed by atoms with Crippen LogP contribution in [0, 0.1) is 22.7 Å². The van der Waals surface area contributed by atoms with Crippen molar-refractivity contribution in [3.63, 3.8) is 0 Å². The Hall–Kier alpha value is -3.21. The fraction of sp³-hybridized carbons (Fsp3) is 0.360. The van der Waals surface area contributed by atoms with Crippen molar-refractivity contribution < 1.29 is 14.0 Å². The van der Waals surface area contributed by atoms with E-state index in [0.29, 0.717) is 21.8 Å². The Morgan fingerprint density at radius 1 is 1.11 bits per heavy atom. The van der Waals surface area contributed by atoms with Gasteiger partial charge in [0.2, 0.25) is 0 Å². The minimum absolute atomic E-state index is 0.118. The van der Waals surface area contributed by atoms with Crippen LogP contribution in [0.4, 0.5) is 5.69 Å². The summed E-state index contributed by atoms with van der Waals surface area (Å²) >= 11 is 6.17. The molecule has 0 radical (unpaired) electrons. The Balaban J connectivity index is 2.39. The van der Waals surface area contributed by atoms with Gasteiger partial charge in [0, 0.05) is 11.3 Å². The molecule has 0 spiro atoms. The molecule has 10 heteroatoms. The molecule has 2 atom stereocenters. The molecule has 0 aliphatic carbocycles. The highest BCUT2D eigenvalue weighted by Crippen LogP contribution is 2.38. The van der Waals surface area contributed by atoms with Gasteiger partial charge in [0.25, 0.3) is 11.8 Å². The second kappa shape index (κ2) is 11.0. The average molecular weight is 512 g/mol. The number of nitrogens with zero attached hydrogens (tertiary/aromatic N) is 3. The number of amides is 2. The lowest BCUT2D eigenvalue weighted by atomic mass is 10.1. The van der Waals surface area contributed by atoms with Gasteiger partial charge in [0.1, 0.15) is 12.1 Å². The van der Waals surface area contributed by atoms with Crippen LogP contribution in [0.5, 0.6) is 0 Å². The number of carbonyl (C=O) groups excluding carboxylic acids is 2. The van der Waals surface area contributed by atoms with Gasteiger partial charge in [-0.05, 0) is 67.5 Å². The molecule has 0 aliphatic rings. The molecular weight excluding hydrogens is 482 g/mol. The Bertz CT molecular complexity index is 1180. The number of nitrogens with one attached hydrogen (secondary N) is 1. The van der Waals surface area contributed by atoms with Crippen molar-refractivity contribution in [1.82, 2.24) is 5.01 Å². The minimum Gasteiger partial charge on any atom is -0.412 e. The maximum absolute atomic E-state index is 13.5. The Morgan fingerprint density at radius 2 is 1.71 bits per heavy atom. The predicted molar refractivity (Wildman–Crippen MR) is 138 cm³/mol. The van der Waals surface area contributed by atoms with E-state index in [-0.39, 0.29) is 15.6 Å². The molecule has 0 saturated heterocycles. The van der Waals surface area contributed by atoms with Crippen LogP contribution in [0.1, 0.15) is 49.2 Å². The normalized spacial score (nSPS) is 13.2. The van der Waals surface area contributed by atoms with Crippen LogP contribution in [-0.2, 0) is 9.22 Å². The van der Waals surface area contributed by atoms with E-state index in [0.717, 1.165) is 0 Å². The van der Waals surface area contributed by atoms with Crippen molar-refractivity contribution in [1.29, 1.82) is 10.5 Å². The van der Waals surface area contributed by atoms with E-state index < -0.39 is 32.3 Å². The van der Waals surface area contributed by atoms with Gasteiger partial charge in [-0.25, -0.2) is 10.9 Å². The van der Waals surface area contributed by atoms with Crippen LogP contribution in [0.3, 0.4) is 0 Å². The fourth-order valence-electron chi connectivity index (χ4n) is 3.04. The highest BCUT2D eigenvalue weighted by atomic mass is 35.5. The van der Waals surface area contributed by atoms with Gasteiger partial charge in [-0.2, -0.15) is 10.5 Å². The van der Waals surface area contributed by atoms with Gasteiger partial charge >= 0.3 is 0 Å². The number of benzene rings is 2. The van der Waals surface area contributed by atoms with Crippen LogP contribution < -0.4 is 11.2 Å². The SMILES string of the molecule is CC(O[Si](C)(C)C(C)(C)C)C(Nc1ccc(C#N)c(Cl)c1)C(=O)N(N)C(=O)c1ccc(C#N)cc1. The number of carbonyl (C=O) groups is 2. The van der Waals surface area contributed by atoms with Crippen LogP contribution >= 0.6 is 11.6 Å². The van der Waals surface area contributed by atoms with E-state index in [1.165, 1.54) is 36.4 Å². The van der Waals surface area contributed by atoms with Gasteiger partial charge in [-0.1, -0.05) is 32.4 Å². The molecule has 0 heterocycles. The summed E-state index contributed by atoms with van der Waals surface area (Å²) < 4.78 is 6.44. The summed E-state index contributed by atoms with van der Waals surface area (Å²) in [4.78, 5) is 26.4. The second-order valence-corrected chi connectivity index (χ2v) is 14.9. The molecule has 2 amide bonds. The third-order valence-electron chi connectivity index (χ3n) is 6.15. The first-order valence-electron chi connectivity index (χ1n) is 11.0. The topological polar surface area (TPSA) is 132 Å². The zero-order chi connectivity index (χ0) is 26.6. The number of halogens is 1. The number of hydrazine groups is 1. The highest BCUT2D eigenvalue weighted by Gasteiger charge is 2.42. The van der Waals surface area contributed by atoms with Crippen LogP contribution in [0.2, 0.25) is 23.2 Å². The zero-order valence-electron chi connectivity index (χ0n) is 20.7. The van der Waals surface area contributed by atoms with Crippen molar-refractivity contribution in [2.75, 3.05) is 5.32 Å². The molecule has 0 aliphatic heterocycles. The maximum atomic E-state index is 13.5. The molecule has 2 aromatic carbocycles. The molecule has 2 rings (SSSR count). The van der Waals surface area contributed by atoms with E-state index >= 15 is 0 Å². The molecule has 35 heavy (non-hydrogen) atoms. The number of nitrogens with two attached hydrogens (primary N) is 1. The molecule has 184 valence electrons. The monoisotopic (exact) mass is 511 g/mol. The molecule has 3 N–H and O–H groups in total.